The maximum Gasteiger partial charge on any atom is 0.344 e. The fraction of sp³-hybridized carbons (Fsp3) is 0.182. The van der Waals surface area contributed by atoms with Crippen LogP contribution in [0.4, 0.5) is 5.69 Å². The van der Waals surface area contributed by atoms with Gasteiger partial charge in [-0.15, -0.1) is 0 Å². The topological polar surface area (TPSA) is 105 Å². The van der Waals surface area contributed by atoms with Crippen LogP contribution in [0.5, 0.6) is 11.5 Å². The molecule has 2 amide bonds. The molecule has 31 heavy (non-hydrogen) atoms. The minimum absolute atomic E-state index is 0.000221. The fourth-order valence-electron chi connectivity index (χ4n) is 2.86. The van der Waals surface area contributed by atoms with Crippen LogP contribution in [0.2, 0.25) is 0 Å². The summed E-state index contributed by atoms with van der Waals surface area (Å²) in [7, 11) is 0. The summed E-state index contributed by atoms with van der Waals surface area (Å²) in [6, 6.07) is 13.4. The van der Waals surface area contributed by atoms with Gasteiger partial charge in [0.2, 0.25) is 0 Å². The number of para-hydroxylation sites is 1. The van der Waals surface area contributed by atoms with Crippen molar-refractivity contribution < 1.29 is 29.0 Å². The molecule has 1 unspecified atom stereocenters. The summed E-state index contributed by atoms with van der Waals surface area (Å²) in [6.45, 7) is 3.49. The number of carbonyl (C=O) groups excluding carboxylic acids is 2. The average Bonchev–Trinajstić information content (AvgIpc) is 2.73. The molecule has 1 aliphatic rings. The van der Waals surface area contributed by atoms with Crippen LogP contribution < -0.4 is 19.7 Å². The Kier molecular flexibility index (Phi) is 6.66. The molecule has 0 bridgehead atoms. The molecular weight excluding hydrogens is 420 g/mol. The number of carboxylic acids is 1. The van der Waals surface area contributed by atoms with E-state index >= 15 is 0 Å². The molecule has 8 nitrogen and oxygen atoms in total. The SMILES string of the molecule is CCOc1cc(/C=C2\C(=O)NC(=S)N(c3ccccc3)C2=O)ccc1OC(C)C(=O)O. The quantitative estimate of drug-likeness (QED) is 0.387. The van der Waals surface area contributed by atoms with Gasteiger partial charge < -0.3 is 14.6 Å². The van der Waals surface area contributed by atoms with Crippen LogP contribution in [0.3, 0.4) is 0 Å². The number of nitrogens with one attached hydrogen (secondary N) is 1. The standard InChI is InChI=1S/C22H20N2O6S/c1-3-29-18-12-14(9-10-17(18)30-13(2)21(27)28)11-16-19(25)23-22(31)24(20(16)26)15-7-5-4-6-8-15/h4-13H,3H2,1-2H3,(H,27,28)(H,23,25,31)/b16-11+. The first-order valence-corrected chi connectivity index (χ1v) is 9.85. The number of carboxylic acid groups (broad SMARTS) is 1. The van der Waals surface area contributed by atoms with Crippen molar-refractivity contribution in [3.8, 4) is 11.5 Å². The number of rotatable bonds is 7. The van der Waals surface area contributed by atoms with Crippen LogP contribution in [0, 0.1) is 0 Å². The number of anilines is 1. The van der Waals surface area contributed by atoms with Crippen molar-refractivity contribution in [2.75, 3.05) is 11.5 Å². The van der Waals surface area contributed by atoms with Crippen LogP contribution >= 0.6 is 12.2 Å². The van der Waals surface area contributed by atoms with Crippen LogP contribution in [-0.2, 0) is 14.4 Å². The Morgan fingerprint density at radius 3 is 2.55 bits per heavy atom. The average molecular weight is 440 g/mol. The van der Waals surface area contributed by atoms with Crippen LogP contribution in [0.1, 0.15) is 19.4 Å². The summed E-state index contributed by atoms with van der Waals surface area (Å²) < 4.78 is 11.0. The van der Waals surface area contributed by atoms with E-state index in [4.69, 9.17) is 26.8 Å². The number of thiocarbonyl (C=S) groups is 1. The van der Waals surface area contributed by atoms with Gasteiger partial charge in [-0.05, 0) is 62.0 Å². The van der Waals surface area contributed by atoms with Crippen LogP contribution in [-0.4, -0.2) is 40.7 Å². The number of carbonyl (C=O) groups is 3. The minimum Gasteiger partial charge on any atom is -0.490 e. The largest absolute Gasteiger partial charge is 0.490 e. The highest BCUT2D eigenvalue weighted by Crippen LogP contribution is 2.31. The second-order valence-corrected chi connectivity index (χ2v) is 6.92. The van der Waals surface area contributed by atoms with Gasteiger partial charge in [-0.1, -0.05) is 24.3 Å². The predicted molar refractivity (Wildman–Crippen MR) is 118 cm³/mol. The molecule has 3 rings (SSSR count). The lowest BCUT2D eigenvalue weighted by molar-refractivity contribution is -0.144. The Balaban J connectivity index is 1.96. The smallest absolute Gasteiger partial charge is 0.344 e. The molecule has 2 N–H and O–H groups in total. The second kappa shape index (κ2) is 9.40. The number of benzene rings is 2. The molecule has 9 heteroatoms. The van der Waals surface area contributed by atoms with Gasteiger partial charge in [0.1, 0.15) is 5.57 Å². The maximum absolute atomic E-state index is 13.0. The summed E-state index contributed by atoms with van der Waals surface area (Å²) in [4.78, 5) is 37.8. The molecular formula is C22H20N2O6S. The molecule has 1 atom stereocenters. The van der Waals surface area contributed by atoms with E-state index in [9.17, 15) is 14.4 Å². The van der Waals surface area contributed by atoms with Gasteiger partial charge in [0.15, 0.2) is 22.7 Å². The first-order valence-electron chi connectivity index (χ1n) is 9.44. The summed E-state index contributed by atoms with van der Waals surface area (Å²) in [5, 5.41) is 11.6. The molecule has 0 aliphatic carbocycles. The van der Waals surface area contributed by atoms with E-state index in [0.29, 0.717) is 23.6 Å². The number of hydrogen-bond donors (Lipinski definition) is 2. The minimum atomic E-state index is -1.12. The maximum atomic E-state index is 13.0. The lowest BCUT2D eigenvalue weighted by atomic mass is 10.1. The van der Waals surface area contributed by atoms with E-state index < -0.39 is 23.9 Å². The Hall–Kier alpha value is -3.72. The zero-order valence-corrected chi connectivity index (χ0v) is 17.6. The van der Waals surface area contributed by atoms with Crippen molar-refractivity contribution in [1.82, 2.24) is 5.32 Å². The van der Waals surface area contributed by atoms with Crippen molar-refractivity contribution in [2.45, 2.75) is 20.0 Å². The molecule has 1 fully saturated rings. The zero-order valence-electron chi connectivity index (χ0n) is 16.8. The van der Waals surface area contributed by atoms with Crippen molar-refractivity contribution in [1.29, 1.82) is 0 Å². The van der Waals surface area contributed by atoms with Gasteiger partial charge in [-0.2, -0.15) is 0 Å². The fourth-order valence-corrected chi connectivity index (χ4v) is 3.14. The van der Waals surface area contributed by atoms with E-state index in [0.717, 1.165) is 0 Å². The van der Waals surface area contributed by atoms with Gasteiger partial charge in [-0.25, -0.2) is 4.79 Å². The highest BCUT2D eigenvalue weighted by molar-refractivity contribution is 7.80. The molecule has 1 saturated heterocycles. The third-order valence-electron chi connectivity index (χ3n) is 4.35. The molecule has 2 aromatic rings. The monoisotopic (exact) mass is 440 g/mol. The lowest BCUT2D eigenvalue weighted by Gasteiger charge is -2.28. The first kappa shape index (κ1) is 22.0. The predicted octanol–water partition coefficient (Wildman–Crippen LogP) is 2.77. The van der Waals surface area contributed by atoms with E-state index in [1.54, 1.807) is 49.4 Å². The summed E-state index contributed by atoms with van der Waals surface area (Å²) in [6.07, 6.45) is 0.344. The summed E-state index contributed by atoms with van der Waals surface area (Å²) in [5.74, 6) is -1.75. The molecule has 1 heterocycles. The highest BCUT2D eigenvalue weighted by Gasteiger charge is 2.34. The van der Waals surface area contributed by atoms with E-state index in [1.165, 1.54) is 24.0 Å². The summed E-state index contributed by atoms with van der Waals surface area (Å²) >= 11 is 5.18. The van der Waals surface area contributed by atoms with E-state index in [-0.39, 0.29) is 16.4 Å². The summed E-state index contributed by atoms with van der Waals surface area (Å²) in [5.41, 5.74) is 0.926. The molecule has 1 aliphatic heterocycles. The van der Waals surface area contributed by atoms with Gasteiger partial charge in [0, 0.05) is 0 Å². The Morgan fingerprint density at radius 1 is 1.19 bits per heavy atom. The van der Waals surface area contributed by atoms with Gasteiger partial charge in [0.05, 0.1) is 12.3 Å². The molecule has 0 saturated carbocycles. The van der Waals surface area contributed by atoms with Crippen molar-refractivity contribution in [2.24, 2.45) is 0 Å². The Labute approximate surface area is 184 Å². The number of nitrogens with zero attached hydrogens (tertiary/aromatic N) is 1. The molecule has 2 aromatic carbocycles. The molecule has 0 spiro atoms. The first-order chi connectivity index (χ1) is 14.8. The second-order valence-electron chi connectivity index (χ2n) is 6.53. The number of aliphatic carboxylic acids is 1. The third-order valence-corrected chi connectivity index (χ3v) is 4.63. The normalized spacial score (nSPS) is 16.1. The molecule has 160 valence electrons. The van der Waals surface area contributed by atoms with Crippen molar-refractivity contribution in [3.63, 3.8) is 0 Å². The van der Waals surface area contributed by atoms with Crippen LogP contribution in [0.25, 0.3) is 6.08 Å². The van der Waals surface area contributed by atoms with Gasteiger partial charge in [-0.3, -0.25) is 19.8 Å². The number of amides is 2. The van der Waals surface area contributed by atoms with Crippen molar-refractivity contribution in [3.05, 3.63) is 59.7 Å². The third kappa shape index (κ3) is 4.89. The Morgan fingerprint density at radius 2 is 1.90 bits per heavy atom. The van der Waals surface area contributed by atoms with Crippen LogP contribution in [0.15, 0.2) is 54.1 Å². The van der Waals surface area contributed by atoms with E-state index in [1.807, 2.05) is 0 Å². The van der Waals surface area contributed by atoms with E-state index in [2.05, 4.69) is 5.32 Å². The molecule has 0 radical (unpaired) electrons. The highest BCUT2D eigenvalue weighted by atomic mass is 32.1. The van der Waals surface area contributed by atoms with Gasteiger partial charge >= 0.3 is 5.97 Å². The Bertz CT molecular complexity index is 1070. The van der Waals surface area contributed by atoms with Crippen molar-refractivity contribution >= 4 is 46.9 Å². The zero-order chi connectivity index (χ0) is 22.5. The number of hydrogen-bond acceptors (Lipinski definition) is 6. The number of ether oxygens (including phenoxy) is 2. The molecule has 0 aromatic heterocycles. The lowest BCUT2D eigenvalue weighted by Crippen LogP contribution is -2.54. The van der Waals surface area contributed by atoms with Gasteiger partial charge in [0.25, 0.3) is 11.8 Å².